The van der Waals surface area contributed by atoms with Gasteiger partial charge in [-0.15, -0.1) is 24.0 Å². The van der Waals surface area contributed by atoms with Crippen LogP contribution in [0.3, 0.4) is 0 Å². The van der Waals surface area contributed by atoms with Crippen molar-refractivity contribution < 1.29 is 0 Å². The maximum Gasteiger partial charge on any atom is 0.193 e. The smallest absolute Gasteiger partial charge is 0.193 e. The van der Waals surface area contributed by atoms with E-state index in [0.29, 0.717) is 0 Å². The minimum Gasteiger partial charge on any atom is -0.356 e. The standard InChI is InChI=1S/C16H25N3.HI/c1-13-6-7-15(14(2)12-13)8-9-18-16(17-3)19-10-4-5-11-19;/h6-7,12H,4-5,8-11H2,1-3H3,(H,17,18);1H. The van der Waals surface area contributed by atoms with Gasteiger partial charge in [-0.25, -0.2) is 0 Å². The first kappa shape index (κ1) is 17.3. The summed E-state index contributed by atoms with van der Waals surface area (Å²) in [7, 11) is 1.87. The van der Waals surface area contributed by atoms with Crippen molar-refractivity contribution in [2.75, 3.05) is 26.7 Å². The number of hydrogen-bond acceptors (Lipinski definition) is 1. The molecular weight excluding hydrogens is 361 g/mol. The molecule has 0 saturated carbocycles. The number of benzene rings is 1. The first-order valence-corrected chi connectivity index (χ1v) is 7.22. The minimum atomic E-state index is 0. The second-order valence-electron chi connectivity index (χ2n) is 5.35. The minimum absolute atomic E-state index is 0. The Kier molecular flexibility index (Phi) is 7.34. The monoisotopic (exact) mass is 387 g/mol. The van der Waals surface area contributed by atoms with Crippen LogP contribution in [0.4, 0.5) is 0 Å². The highest BCUT2D eigenvalue weighted by Crippen LogP contribution is 2.11. The number of nitrogens with zero attached hydrogens (tertiary/aromatic N) is 2. The van der Waals surface area contributed by atoms with Crippen LogP contribution in [0, 0.1) is 13.8 Å². The second kappa shape index (κ2) is 8.49. The van der Waals surface area contributed by atoms with Gasteiger partial charge in [0, 0.05) is 26.7 Å². The quantitative estimate of drug-likeness (QED) is 0.490. The van der Waals surface area contributed by atoms with Gasteiger partial charge < -0.3 is 10.2 Å². The Bertz CT molecular complexity index is 451. The molecule has 1 aromatic carbocycles. The van der Waals surface area contributed by atoms with E-state index in [0.717, 1.165) is 32.0 Å². The van der Waals surface area contributed by atoms with Crippen molar-refractivity contribution in [2.45, 2.75) is 33.1 Å². The van der Waals surface area contributed by atoms with Gasteiger partial charge in [0.05, 0.1) is 0 Å². The zero-order valence-corrected chi connectivity index (χ0v) is 15.1. The predicted molar refractivity (Wildman–Crippen MR) is 97.2 cm³/mol. The highest BCUT2D eigenvalue weighted by atomic mass is 127. The van der Waals surface area contributed by atoms with Crippen LogP contribution in [0.25, 0.3) is 0 Å². The van der Waals surface area contributed by atoms with Crippen molar-refractivity contribution in [1.29, 1.82) is 0 Å². The Morgan fingerprint density at radius 1 is 1.25 bits per heavy atom. The highest BCUT2D eigenvalue weighted by molar-refractivity contribution is 14.0. The summed E-state index contributed by atoms with van der Waals surface area (Å²) in [4.78, 5) is 6.72. The van der Waals surface area contributed by atoms with Gasteiger partial charge in [-0.2, -0.15) is 0 Å². The van der Waals surface area contributed by atoms with Crippen LogP contribution in [0.1, 0.15) is 29.5 Å². The lowest BCUT2D eigenvalue weighted by Gasteiger charge is -2.21. The molecule has 1 aliphatic heterocycles. The molecule has 1 aromatic rings. The van der Waals surface area contributed by atoms with Gasteiger partial charge in [0.2, 0.25) is 0 Å². The molecule has 0 bridgehead atoms. The molecule has 0 atom stereocenters. The molecule has 112 valence electrons. The van der Waals surface area contributed by atoms with Crippen LogP contribution in [-0.2, 0) is 6.42 Å². The molecule has 20 heavy (non-hydrogen) atoms. The zero-order valence-electron chi connectivity index (χ0n) is 12.8. The van der Waals surface area contributed by atoms with Gasteiger partial charge in [-0.1, -0.05) is 23.8 Å². The van der Waals surface area contributed by atoms with Crippen LogP contribution in [-0.4, -0.2) is 37.5 Å². The molecule has 0 unspecified atom stereocenters. The zero-order chi connectivity index (χ0) is 13.7. The molecule has 4 heteroatoms. The summed E-state index contributed by atoms with van der Waals surface area (Å²) in [6, 6.07) is 6.69. The molecule has 0 aromatic heterocycles. The molecular formula is C16H26IN3. The summed E-state index contributed by atoms with van der Waals surface area (Å²) in [6.45, 7) is 7.57. The van der Waals surface area contributed by atoms with Crippen LogP contribution < -0.4 is 5.32 Å². The van der Waals surface area contributed by atoms with Crippen LogP contribution in [0.2, 0.25) is 0 Å². The molecule has 0 amide bonds. The molecule has 3 nitrogen and oxygen atoms in total. The van der Waals surface area contributed by atoms with E-state index in [1.165, 1.54) is 29.5 Å². The van der Waals surface area contributed by atoms with E-state index in [9.17, 15) is 0 Å². The van der Waals surface area contributed by atoms with E-state index in [1.54, 1.807) is 0 Å². The van der Waals surface area contributed by atoms with E-state index >= 15 is 0 Å². The van der Waals surface area contributed by atoms with Crippen LogP contribution in [0.5, 0.6) is 0 Å². The van der Waals surface area contributed by atoms with E-state index in [1.807, 2.05) is 7.05 Å². The molecule has 0 spiro atoms. The normalized spacial score (nSPS) is 15.2. The highest BCUT2D eigenvalue weighted by Gasteiger charge is 2.15. The Labute approximate surface area is 139 Å². The summed E-state index contributed by atoms with van der Waals surface area (Å²) in [5.41, 5.74) is 4.15. The average molecular weight is 387 g/mol. The molecule has 1 aliphatic rings. The molecule has 1 heterocycles. The number of hydrogen-bond donors (Lipinski definition) is 1. The lowest BCUT2D eigenvalue weighted by Crippen LogP contribution is -2.40. The van der Waals surface area contributed by atoms with Gasteiger partial charge in [-0.3, -0.25) is 4.99 Å². The number of halogens is 1. The number of rotatable bonds is 3. The summed E-state index contributed by atoms with van der Waals surface area (Å²) in [6.07, 6.45) is 3.63. The van der Waals surface area contributed by atoms with Crippen molar-refractivity contribution in [3.63, 3.8) is 0 Å². The Morgan fingerprint density at radius 2 is 1.95 bits per heavy atom. The van der Waals surface area contributed by atoms with Gasteiger partial charge in [-0.05, 0) is 44.2 Å². The number of guanidine groups is 1. The first-order chi connectivity index (χ1) is 9.20. The van der Waals surface area contributed by atoms with Gasteiger partial charge >= 0.3 is 0 Å². The molecule has 1 saturated heterocycles. The SMILES string of the molecule is CN=C(NCCc1ccc(C)cc1C)N1CCCC1.I. The van der Waals surface area contributed by atoms with Gasteiger partial charge in [0.15, 0.2) is 5.96 Å². The van der Waals surface area contributed by atoms with Gasteiger partial charge in [0.25, 0.3) is 0 Å². The fourth-order valence-electron chi connectivity index (χ4n) is 2.70. The van der Waals surface area contributed by atoms with Gasteiger partial charge in [0.1, 0.15) is 0 Å². The van der Waals surface area contributed by atoms with Crippen molar-refractivity contribution in [3.8, 4) is 0 Å². The molecule has 1 fully saturated rings. The van der Waals surface area contributed by atoms with Crippen molar-refractivity contribution in [2.24, 2.45) is 4.99 Å². The van der Waals surface area contributed by atoms with E-state index < -0.39 is 0 Å². The third-order valence-electron chi connectivity index (χ3n) is 3.79. The van der Waals surface area contributed by atoms with Crippen molar-refractivity contribution >= 4 is 29.9 Å². The largest absolute Gasteiger partial charge is 0.356 e. The average Bonchev–Trinajstić information content (AvgIpc) is 2.90. The van der Waals surface area contributed by atoms with E-state index in [2.05, 4.69) is 47.3 Å². The first-order valence-electron chi connectivity index (χ1n) is 7.22. The summed E-state index contributed by atoms with van der Waals surface area (Å²) in [5, 5.41) is 3.48. The third-order valence-corrected chi connectivity index (χ3v) is 3.79. The number of nitrogens with one attached hydrogen (secondary N) is 1. The fourth-order valence-corrected chi connectivity index (χ4v) is 2.70. The van der Waals surface area contributed by atoms with E-state index in [-0.39, 0.29) is 24.0 Å². The number of aryl methyl sites for hydroxylation is 2. The van der Waals surface area contributed by atoms with E-state index in [4.69, 9.17) is 0 Å². The molecule has 0 aliphatic carbocycles. The lowest BCUT2D eigenvalue weighted by atomic mass is 10.0. The maximum absolute atomic E-state index is 4.37. The second-order valence-corrected chi connectivity index (χ2v) is 5.35. The summed E-state index contributed by atoms with van der Waals surface area (Å²) >= 11 is 0. The summed E-state index contributed by atoms with van der Waals surface area (Å²) < 4.78 is 0. The number of likely N-dealkylation sites (tertiary alicyclic amines) is 1. The van der Waals surface area contributed by atoms with Crippen LogP contribution >= 0.6 is 24.0 Å². The number of aliphatic imine (C=N–C) groups is 1. The van der Waals surface area contributed by atoms with Crippen molar-refractivity contribution in [1.82, 2.24) is 10.2 Å². The molecule has 1 N–H and O–H groups in total. The lowest BCUT2D eigenvalue weighted by molar-refractivity contribution is 0.494. The van der Waals surface area contributed by atoms with Crippen LogP contribution in [0.15, 0.2) is 23.2 Å². The predicted octanol–water partition coefficient (Wildman–Crippen LogP) is 3.14. The third kappa shape index (κ3) is 4.65. The topological polar surface area (TPSA) is 27.6 Å². The Balaban J connectivity index is 0.00000200. The molecule has 0 radical (unpaired) electrons. The summed E-state index contributed by atoms with van der Waals surface area (Å²) in [5.74, 6) is 1.06. The van der Waals surface area contributed by atoms with Crippen molar-refractivity contribution in [3.05, 3.63) is 34.9 Å². The molecule has 2 rings (SSSR count). The fraction of sp³-hybridized carbons (Fsp3) is 0.562. The Hall–Kier alpha value is -0.780. The maximum atomic E-state index is 4.37. The Morgan fingerprint density at radius 3 is 2.55 bits per heavy atom.